The number of carbonyl (C=O) groups is 2. The summed E-state index contributed by atoms with van der Waals surface area (Å²) in [6, 6.07) is 16.1. The fourth-order valence-electron chi connectivity index (χ4n) is 3.98. The van der Waals surface area contributed by atoms with E-state index < -0.39 is 0 Å². The van der Waals surface area contributed by atoms with Crippen molar-refractivity contribution < 1.29 is 9.59 Å². The lowest BCUT2D eigenvalue weighted by molar-refractivity contribution is -0.130. The molecule has 2 aromatic carbocycles. The summed E-state index contributed by atoms with van der Waals surface area (Å²) in [5, 5.41) is 0. The van der Waals surface area contributed by atoms with Gasteiger partial charge in [-0.1, -0.05) is 36.4 Å². The molecule has 0 saturated carbocycles. The van der Waals surface area contributed by atoms with E-state index in [1.54, 1.807) is 6.08 Å². The van der Waals surface area contributed by atoms with E-state index in [0.717, 1.165) is 22.4 Å². The largest absolute Gasteiger partial charge is 0.339 e. The third kappa shape index (κ3) is 5.35. The molecule has 1 heterocycles. The van der Waals surface area contributed by atoms with Gasteiger partial charge < -0.3 is 9.80 Å². The monoisotopic (exact) mass is 390 g/mol. The highest BCUT2D eigenvalue weighted by Gasteiger charge is 2.30. The molecular formula is C25H30N2O2. The predicted molar refractivity (Wildman–Crippen MR) is 119 cm³/mol. The Labute approximate surface area is 173 Å². The summed E-state index contributed by atoms with van der Waals surface area (Å²) in [6.45, 7) is 8.03. The maximum Gasteiger partial charge on any atom is 0.246 e. The summed E-state index contributed by atoms with van der Waals surface area (Å²) in [5.74, 6) is 0.156. The molecule has 0 atom stereocenters. The summed E-state index contributed by atoms with van der Waals surface area (Å²) in [4.78, 5) is 29.4. The van der Waals surface area contributed by atoms with Crippen molar-refractivity contribution in [1.82, 2.24) is 4.90 Å². The third-order valence-corrected chi connectivity index (χ3v) is 5.47. The van der Waals surface area contributed by atoms with Gasteiger partial charge in [-0.25, -0.2) is 0 Å². The van der Waals surface area contributed by atoms with Gasteiger partial charge in [-0.3, -0.25) is 9.59 Å². The van der Waals surface area contributed by atoms with Gasteiger partial charge in [0.2, 0.25) is 11.8 Å². The van der Waals surface area contributed by atoms with Gasteiger partial charge in [0.05, 0.1) is 0 Å². The Hall–Kier alpha value is -2.88. The number of anilines is 1. The van der Waals surface area contributed by atoms with E-state index in [1.165, 1.54) is 0 Å². The molecule has 1 saturated heterocycles. The second kappa shape index (κ2) is 9.55. The Balaban J connectivity index is 1.59. The molecule has 152 valence electrons. The van der Waals surface area contributed by atoms with Crippen molar-refractivity contribution in [1.29, 1.82) is 0 Å². The van der Waals surface area contributed by atoms with Crippen molar-refractivity contribution in [2.45, 2.75) is 33.6 Å². The van der Waals surface area contributed by atoms with Crippen molar-refractivity contribution >= 4 is 23.6 Å². The minimum atomic E-state index is -0.0297. The van der Waals surface area contributed by atoms with Crippen LogP contribution in [0.25, 0.3) is 6.08 Å². The van der Waals surface area contributed by atoms with Crippen LogP contribution in [0.4, 0.5) is 5.69 Å². The number of likely N-dealkylation sites (tertiary alicyclic amines) is 1. The first-order valence-corrected chi connectivity index (χ1v) is 10.4. The average Bonchev–Trinajstić information content (AvgIpc) is 2.72. The molecule has 2 aromatic rings. The minimum Gasteiger partial charge on any atom is -0.339 e. The van der Waals surface area contributed by atoms with Crippen LogP contribution in [0.2, 0.25) is 0 Å². The van der Waals surface area contributed by atoms with Crippen LogP contribution in [0.15, 0.2) is 54.6 Å². The fourth-order valence-corrected chi connectivity index (χ4v) is 3.98. The Kier molecular flexibility index (Phi) is 6.86. The number of nitrogens with zero attached hydrogens (tertiary/aromatic N) is 2. The van der Waals surface area contributed by atoms with Crippen molar-refractivity contribution in [2.75, 3.05) is 24.5 Å². The normalized spacial score (nSPS) is 14.9. The maximum atomic E-state index is 13.1. The molecule has 0 aliphatic carbocycles. The van der Waals surface area contributed by atoms with Crippen LogP contribution in [0.5, 0.6) is 0 Å². The number of piperidine rings is 1. The molecule has 4 heteroatoms. The Morgan fingerprint density at radius 3 is 2.24 bits per heavy atom. The molecule has 0 radical (unpaired) electrons. The van der Waals surface area contributed by atoms with Gasteiger partial charge in [0, 0.05) is 37.3 Å². The number of aryl methyl sites for hydroxylation is 2. The molecule has 1 aliphatic rings. The second-order valence-corrected chi connectivity index (χ2v) is 7.77. The summed E-state index contributed by atoms with van der Waals surface area (Å²) >= 11 is 0. The Morgan fingerprint density at radius 1 is 1.03 bits per heavy atom. The second-order valence-electron chi connectivity index (χ2n) is 7.77. The number of hydrogen-bond donors (Lipinski definition) is 0. The van der Waals surface area contributed by atoms with Gasteiger partial charge >= 0.3 is 0 Å². The zero-order chi connectivity index (χ0) is 20.8. The first kappa shape index (κ1) is 20.8. The molecule has 0 bridgehead atoms. The predicted octanol–water partition coefficient (Wildman–Crippen LogP) is 4.61. The third-order valence-electron chi connectivity index (χ3n) is 5.47. The van der Waals surface area contributed by atoms with Crippen LogP contribution in [-0.2, 0) is 9.59 Å². The molecule has 3 rings (SSSR count). The average molecular weight is 391 g/mol. The SMILES string of the molecule is CCN(C(=O)C1CCN(C(=O)/C=C/c2ccccc2)CC1)c1cc(C)cc(C)c1. The van der Waals surface area contributed by atoms with Crippen LogP contribution < -0.4 is 4.90 Å². The minimum absolute atomic E-state index is 0.0152. The molecular weight excluding hydrogens is 360 g/mol. The van der Waals surface area contributed by atoms with E-state index in [4.69, 9.17) is 0 Å². The molecule has 4 nitrogen and oxygen atoms in total. The van der Waals surface area contributed by atoms with Crippen LogP contribution in [0.3, 0.4) is 0 Å². The lowest BCUT2D eigenvalue weighted by Crippen LogP contribution is -2.44. The number of rotatable bonds is 5. The van der Waals surface area contributed by atoms with E-state index in [2.05, 4.69) is 32.0 Å². The van der Waals surface area contributed by atoms with Crippen molar-refractivity contribution in [3.8, 4) is 0 Å². The van der Waals surface area contributed by atoms with Gasteiger partial charge in [0.25, 0.3) is 0 Å². The topological polar surface area (TPSA) is 40.6 Å². The van der Waals surface area contributed by atoms with E-state index in [1.807, 2.05) is 53.1 Å². The van der Waals surface area contributed by atoms with E-state index in [0.29, 0.717) is 32.5 Å². The van der Waals surface area contributed by atoms with Gasteiger partial charge in [0.1, 0.15) is 0 Å². The van der Waals surface area contributed by atoms with Gasteiger partial charge in [-0.15, -0.1) is 0 Å². The van der Waals surface area contributed by atoms with Crippen LogP contribution >= 0.6 is 0 Å². The number of benzene rings is 2. The Bertz CT molecular complexity index is 861. The van der Waals surface area contributed by atoms with Crippen LogP contribution in [-0.4, -0.2) is 36.3 Å². The molecule has 1 aliphatic heterocycles. The summed E-state index contributed by atoms with van der Waals surface area (Å²) in [6.07, 6.45) is 4.90. The van der Waals surface area contributed by atoms with E-state index in [9.17, 15) is 9.59 Å². The summed E-state index contributed by atoms with van der Waals surface area (Å²) in [5.41, 5.74) is 4.31. The molecule has 1 fully saturated rings. The van der Waals surface area contributed by atoms with Crippen molar-refractivity contribution in [3.63, 3.8) is 0 Å². The smallest absolute Gasteiger partial charge is 0.246 e. The fraction of sp³-hybridized carbons (Fsp3) is 0.360. The quantitative estimate of drug-likeness (QED) is 0.700. The van der Waals surface area contributed by atoms with Crippen LogP contribution in [0, 0.1) is 19.8 Å². The van der Waals surface area contributed by atoms with Gasteiger partial charge in [-0.2, -0.15) is 0 Å². The lowest BCUT2D eigenvalue weighted by atomic mass is 9.94. The van der Waals surface area contributed by atoms with Crippen molar-refractivity contribution in [2.24, 2.45) is 5.92 Å². The number of amides is 2. The van der Waals surface area contributed by atoms with E-state index in [-0.39, 0.29) is 17.7 Å². The molecule has 2 amide bonds. The summed E-state index contributed by atoms with van der Waals surface area (Å²) < 4.78 is 0. The highest BCUT2D eigenvalue weighted by atomic mass is 16.2. The van der Waals surface area contributed by atoms with E-state index >= 15 is 0 Å². The molecule has 0 aromatic heterocycles. The highest BCUT2D eigenvalue weighted by Crippen LogP contribution is 2.25. The van der Waals surface area contributed by atoms with Crippen LogP contribution in [0.1, 0.15) is 36.5 Å². The molecule has 0 N–H and O–H groups in total. The standard InChI is InChI=1S/C25H30N2O2/c1-4-27(23-17-19(2)16-20(3)18-23)25(29)22-12-14-26(15-13-22)24(28)11-10-21-8-6-5-7-9-21/h5-11,16-18,22H,4,12-15H2,1-3H3/b11-10+. The van der Waals surface area contributed by atoms with Gasteiger partial charge in [0.15, 0.2) is 0 Å². The lowest BCUT2D eigenvalue weighted by Gasteiger charge is -2.33. The maximum absolute atomic E-state index is 13.1. The zero-order valence-corrected chi connectivity index (χ0v) is 17.6. The van der Waals surface area contributed by atoms with Gasteiger partial charge in [-0.05, 0) is 68.5 Å². The summed E-state index contributed by atoms with van der Waals surface area (Å²) in [7, 11) is 0. The van der Waals surface area contributed by atoms with Crippen molar-refractivity contribution in [3.05, 3.63) is 71.3 Å². The number of hydrogen-bond acceptors (Lipinski definition) is 2. The molecule has 29 heavy (non-hydrogen) atoms. The zero-order valence-electron chi connectivity index (χ0n) is 17.6. The molecule has 0 unspecified atom stereocenters. The Morgan fingerprint density at radius 2 is 1.66 bits per heavy atom. The number of carbonyl (C=O) groups excluding carboxylic acids is 2. The first-order valence-electron chi connectivity index (χ1n) is 10.4. The highest BCUT2D eigenvalue weighted by molar-refractivity contribution is 5.96. The molecule has 0 spiro atoms. The first-order chi connectivity index (χ1) is 14.0.